The van der Waals surface area contributed by atoms with E-state index in [1.165, 1.54) is 0 Å². The van der Waals surface area contributed by atoms with Crippen LogP contribution < -0.4 is 21.5 Å². The fraction of sp³-hybridized carbons (Fsp3) is 0.522. The number of carbonyl (C=O) groups is 1. The number of aliphatic hydroxyl groups is 1. The standard InChI is InChI=1S/C23H36N6O3/c1-5-6-18(9-10-30)27-22-19(15(2)26-23(25)28-22)12-17-8-7-16(11-20(17)32-4)13-29(3)14-21(24)31/h7-8,11,18,30H,5-6,9-10,12-14H2,1-4H3,(H2,24,31)(H3,25,26,27,28)/t18-/m0/s1. The number of nitrogens with one attached hydrogen (secondary N) is 1. The highest BCUT2D eigenvalue weighted by Gasteiger charge is 2.17. The number of anilines is 2. The van der Waals surface area contributed by atoms with Crippen LogP contribution in [0.15, 0.2) is 18.2 Å². The van der Waals surface area contributed by atoms with Crippen LogP contribution in [0.4, 0.5) is 11.8 Å². The summed E-state index contributed by atoms with van der Waals surface area (Å²) in [6.45, 7) is 4.90. The van der Waals surface area contributed by atoms with E-state index in [4.69, 9.17) is 16.2 Å². The normalized spacial score (nSPS) is 12.1. The van der Waals surface area contributed by atoms with Crippen molar-refractivity contribution in [1.29, 1.82) is 0 Å². The van der Waals surface area contributed by atoms with Crippen LogP contribution >= 0.6 is 0 Å². The summed E-state index contributed by atoms with van der Waals surface area (Å²) in [6, 6.07) is 6.10. The number of hydrogen-bond donors (Lipinski definition) is 4. The summed E-state index contributed by atoms with van der Waals surface area (Å²) in [5.41, 5.74) is 15.0. The second-order valence-electron chi connectivity index (χ2n) is 8.10. The lowest BCUT2D eigenvalue weighted by Gasteiger charge is -2.21. The SMILES string of the molecule is CCC[C@@H](CCO)Nc1nc(N)nc(C)c1Cc1ccc(CN(C)CC(N)=O)cc1OC. The van der Waals surface area contributed by atoms with Crippen LogP contribution in [-0.2, 0) is 17.8 Å². The summed E-state index contributed by atoms with van der Waals surface area (Å²) in [5.74, 6) is 1.29. The topological polar surface area (TPSA) is 140 Å². The smallest absolute Gasteiger partial charge is 0.231 e. The summed E-state index contributed by atoms with van der Waals surface area (Å²) in [6.07, 6.45) is 3.10. The number of hydrogen-bond acceptors (Lipinski definition) is 8. The zero-order chi connectivity index (χ0) is 23.7. The maximum absolute atomic E-state index is 11.1. The first-order chi connectivity index (χ1) is 15.3. The van der Waals surface area contributed by atoms with E-state index in [2.05, 4.69) is 22.2 Å². The third kappa shape index (κ3) is 7.35. The fourth-order valence-corrected chi connectivity index (χ4v) is 3.79. The van der Waals surface area contributed by atoms with Gasteiger partial charge in [-0.15, -0.1) is 0 Å². The Morgan fingerprint density at radius 1 is 1.31 bits per heavy atom. The predicted octanol–water partition coefficient (Wildman–Crippen LogP) is 1.85. The average Bonchev–Trinajstić information content (AvgIpc) is 2.71. The summed E-state index contributed by atoms with van der Waals surface area (Å²) in [7, 11) is 3.48. The molecular weight excluding hydrogens is 408 g/mol. The molecule has 0 unspecified atom stereocenters. The van der Waals surface area contributed by atoms with E-state index in [1.807, 2.05) is 37.1 Å². The van der Waals surface area contributed by atoms with Gasteiger partial charge in [-0.05, 0) is 44.0 Å². The number of nitrogens with zero attached hydrogens (tertiary/aromatic N) is 3. The number of ether oxygens (including phenoxy) is 1. The highest BCUT2D eigenvalue weighted by Crippen LogP contribution is 2.28. The zero-order valence-electron chi connectivity index (χ0n) is 19.5. The molecule has 0 fully saturated rings. The monoisotopic (exact) mass is 444 g/mol. The Kier molecular flexibility index (Phi) is 9.67. The van der Waals surface area contributed by atoms with Gasteiger partial charge in [0.25, 0.3) is 0 Å². The van der Waals surface area contributed by atoms with Crippen molar-refractivity contribution < 1.29 is 14.6 Å². The van der Waals surface area contributed by atoms with Gasteiger partial charge in [0.05, 0.1) is 13.7 Å². The molecule has 9 nitrogen and oxygen atoms in total. The minimum atomic E-state index is -0.363. The number of rotatable bonds is 13. The van der Waals surface area contributed by atoms with Crippen molar-refractivity contribution in [1.82, 2.24) is 14.9 Å². The van der Waals surface area contributed by atoms with Gasteiger partial charge < -0.3 is 26.6 Å². The van der Waals surface area contributed by atoms with Gasteiger partial charge in [0.2, 0.25) is 11.9 Å². The van der Waals surface area contributed by atoms with Gasteiger partial charge in [-0.2, -0.15) is 4.98 Å². The minimum Gasteiger partial charge on any atom is -0.496 e. The molecule has 0 saturated carbocycles. The number of aryl methyl sites for hydroxylation is 1. The van der Waals surface area contributed by atoms with Gasteiger partial charge in [0.15, 0.2) is 0 Å². The van der Waals surface area contributed by atoms with E-state index in [0.29, 0.717) is 25.2 Å². The van der Waals surface area contributed by atoms with Gasteiger partial charge in [-0.3, -0.25) is 9.69 Å². The molecule has 0 aliphatic carbocycles. The molecule has 1 amide bonds. The van der Waals surface area contributed by atoms with Crippen LogP contribution in [0.25, 0.3) is 0 Å². The first-order valence-electron chi connectivity index (χ1n) is 10.9. The second-order valence-corrected chi connectivity index (χ2v) is 8.10. The summed E-state index contributed by atoms with van der Waals surface area (Å²) < 4.78 is 5.65. The summed E-state index contributed by atoms with van der Waals surface area (Å²) in [4.78, 5) is 21.8. The number of carbonyl (C=O) groups excluding carboxylic acids is 1. The Labute approximate surface area is 190 Å². The Morgan fingerprint density at radius 3 is 2.69 bits per heavy atom. The molecule has 176 valence electrons. The lowest BCUT2D eigenvalue weighted by Crippen LogP contribution is -2.30. The number of benzene rings is 1. The molecule has 1 aromatic heterocycles. The summed E-state index contributed by atoms with van der Waals surface area (Å²) >= 11 is 0. The van der Waals surface area contributed by atoms with Gasteiger partial charge in [-0.25, -0.2) is 4.98 Å². The molecule has 0 aliphatic heterocycles. The molecule has 9 heteroatoms. The third-order valence-electron chi connectivity index (χ3n) is 5.28. The number of likely N-dealkylation sites (N-methyl/N-ethyl adjacent to an activating group) is 1. The number of nitrogen functional groups attached to an aromatic ring is 1. The summed E-state index contributed by atoms with van der Waals surface area (Å²) in [5, 5.41) is 12.9. The maximum atomic E-state index is 11.1. The van der Waals surface area contributed by atoms with Crippen LogP contribution in [0.3, 0.4) is 0 Å². The molecule has 0 bridgehead atoms. The zero-order valence-corrected chi connectivity index (χ0v) is 19.5. The van der Waals surface area contributed by atoms with Gasteiger partial charge in [0, 0.05) is 36.9 Å². The lowest BCUT2D eigenvalue weighted by molar-refractivity contribution is -0.118. The first-order valence-corrected chi connectivity index (χ1v) is 10.9. The van der Waals surface area contributed by atoms with Crippen molar-refractivity contribution in [3.8, 4) is 5.75 Å². The van der Waals surface area contributed by atoms with E-state index in [1.54, 1.807) is 7.11 Å². The predicted molar refractivity (Wildman–Crippen MR) is 127 cm³/mol. The van der Waals surface area contributed by atoms with Crippen molar-refractivity contribution in [2.45, 2.75) is 52.1 Å². The van der Waals surface area contributed by atoms with Crippen LogP contribution in [0.5, 0.6) is 5.75 Å². The molecule has 32 heavy (non-hydrogen) atoms. The Hall–Kier alpha value is -2.91. The van der Waals surface area contributed by atoms with Crippen molar-refractivity contribution in [3.05, 3.63) is 40.6 Å². The number of aliphatic hydroxyl groups excluding tert-OH is 1. The molecule has 0 radical (unpaired) electrons. The number of amides is 1. The molecule has 1 atom stereocenters. The lowest BCUT2D eigenvalue weighted by atomic mass is 10.0. The van der Waals surface area contributed by atoms with Crippen LogP contribution in [0, 0.1) is 6.92 Å². The Balaban J connectivity index is 2.31. The van der Waals surface area contributed by atoms with E-state index in [-0.39, 0.29) is 31.0 Å². The van der Waals surface area contributed by atoms with E-state index >= 15 is 0 Å². The van der Waals surface area contributed by atoms with E-state index in [9.17, 15) is 9.90 Å². The third-order valence-corrected chi connectivity index (χ3v) is 5.28. The van der Waals surface area contributed by atoms with Gasteiger partial charge in [-0.1, -0.05) is 25.5 Å². The van der Waals surface area contributed by atoms with Crippen LogP contribution in [0.2, 0.25) is 0 Å². The Bertz CT molecular complexity index is 900. The van der Waals surface area contributed by atoms with Crippen molar-refractivity contribution in [2.75, 3.05) is 38.4 Å². The number of primary amides is 1. The minimum absolute atomic E-state index is 0.0996. The molecular formula is C23H36N6O3. The maximum Gasteiger partial charge on any atom is 0.231 e. The van der Waals surface area contributed by atoms with Gasteiger partial charge in [0.1, 0.15) is 11.6 Å². The molecule has 6 N–H and O–H groups in total. The molecule has 0 spiro atoms. The van der Waals surface area contributed by atoms with E-state index in [0.717, 1.165) is 41.0 Å². The molecule has 2 aromatic rings. The molecule has 1 heterocycles. The van der Waals surface area contributed by atoms with Crippen molar-refractivity contribution in [2.24, 2.45) is 5.73 Å². The average molecular weight is 445 g/mol. The Morgan fingerprint density at radius 2 is 2.06 bits per heavy atom. The highest BCUT2D eigenvalue weighted by molar-refractivity contribution is 5.75. The number of methoxy groups -OCH3 is 1. The molecule has 0 saturated heterocycles. The largest absolute Gasteiger partial charge is 0.496 e. The highest BCUT2D eigenvalue weighted by atomic mass is 16.5. The number of aromatic nitrogens is 2. The van der Waals surface area contributed by atoms with Gasteiger partial charge >= 0.3 is 0 Å². The second kappa shape index (κ2) is 12.2. The molecule has 2 rings (SSSR count). The van der Waals surface area contributed by atoms with Crippen LogP contribution in [0.1, 0.15) is 48.6 Å². The van der Waals surface area contributed by atoms with Crippen molar-refractivity contribution >= 4 is 17.7 Å². The van der Waals surface area contributed by atoms with Crippen LogP contribution in [-0.4, -0.2) is 59.2 Å². The molecule has 0 aliphatic rings. The van der Waals surface area contributed by atoms with Crippen molar-refractivity contribution in [3.63, 3.8) is 0 Å². The first kappa shape index (κ1) is 25.4. The molecule has 1 aromatic carbocycles. The number of nitrogens with two attached hydrogens (primary N) is 2. The van der Waals surface area contributed by atoms with E-state index < -0.39 is 0 Å². The quantitative estimate of drug-likeness (QED) is 0.367. The fourth-order valence-electron chi connectivity index (χ4n) is 3.79.